The molecular weight excluding hydrogens is 164 g/mol. The molecule has 0 N–H and O–H groups in total. The highest BCUT2D eigenvalue weighted by Crippen LogP contribution is 2.26. The lowest BCUT2D eigenvalue weighted by atomic mass is 9.96. The summed E-state index contributed by atoms with van der Waals surface area (Å²) in [6.45, 7) is 1.54. The van der Waals surface area contributed by atoms with Crippen LogP contribution in [-0.4, -0.2) is 18.2 Å². The Morgan fingerprint density at radius 2 is 2.54 bits per heavy atom. The van der Waals surface area contributed by atoms with E-state index in [1.165, 1.54) is 0 Å². The van der Waals surface area contributed by atoms with Crippen LogP contribution in [0, 0.1) is 11.3 Å². The fourth-order valence-corrected chi connectivity index (χ4v) is 1.63. The number of pyridine rings is 1. The fraction of sp³-hybridized carbons (Fsp3) is 0.400. The minimum Gasteiger partial charge on any atom is -0.381 e. The third-order valence-corrected chi connectivity index (χ3v) is 2.34. The van der Waals surface area contributed by atoms with Gasteiger partial charge in [-0.05, 0) is 18.1 Å². The van der Waals surface area contributed by atoms with Gasteiger partial charge >= 0.3 is 0 Å². The normalized spacial score (nSPS) is 21.3. The molecule has 0 radical (unpaired) electrons. The molecule has 2 rings (SSSR count). The molecule has 1 atom stereocenters. The lowest BCUT2D eigenvalue weighted by molar-refractivity contribution is 0.194. The molecule has 0 aromatic carbocycles. The standard InChI is InChI=1S/C10H10N2O/c11-5-9-6-12-3-1-10(9)8-2-4-13-7-8/h1,3,6,8H,2,4,7H2. The van der Waals surface area contributed by atoms with Gasteiger partial charge in [0.1, 0.15) is 6.07 Å². The molecule has 0 bridgehead atoms. The van der Waals surface area contributed by atoms with Crippen molar-refractivity contribution in [1.82, 2.24) is 4.98 Å². The van der Waals surface area contributed by atoms with Crippen LogP contribution in [0.15, 0.2) is 18.5 Å². The van der Waals surface area contributed by atoms with Crippen molar-refractivity contribution in [2.75, 3.05) is 13.2 Å². The van der Waals surface area contributed by atoms with Crippen molar-refractivity contribution in [3.8, 4) is 6.07 Å². The molecule has 0 spiro atoms. The van der Waals surface area contributed by atoms with Crippen molar-refractivity contribution in [1.29, 1.82) is 5.26 Å². The first-order valence-electron chi connectivity index (χ1n) is 4.33. The van der Waals surface area contributed by atoms with E-state index in [0.717, 1.165) is 25.2 Å². The van der Waals surface area contributed by atoms with E-state index >= 15 is 0 Å². The molecule has 1 aliphatic heterocycles. The second-order valence-electron chi connectivity index (χ2n) is 3.14. The van der Waals surface area contributed by atoms with Gasteiger partial charge < -0.3 is 4.74 Å². The molecular formula is C10H10N2O. The maximum atomic E-state index is 8.85. The van der Waals surface area contributed by atoms with E-state index in [0.29, 0.717) is 11.5 Å². The molecule has 13 heavy (non-hydrogen) atoms. The van der Waals surface area contributed by atoms with Gasteiger partial charge in [0.05, 0.1) is 12.2 Å². The van der Waals surface area contributed by atoms with Crippen LogP contribution in [0.3, 0.4) is 0 Å². The highest BCUT2D eigenvalue weighted by atomic mass is 16.5. The summed E-state index contributed by atoms with van der Waals surface area (Å²) in [6, 6.07) is 4.07. The molecule has 2 heterocycles. The second kappa shape index (κ2) is 3.55. The van der Waals surface area contributed by atoms with E-state index in [-0.39, 0.29) is 0 Å². The maximum absolute atomic E-state index is 8.85. The first-order chi connectivity index (χ1) is 6.42. The minimum atomic E-state index is 0.387. The fourth-order valence-electron chi connectivity index (χ4n) is 1.63. The number of hydrogen-bond donors (Lipinski definition) is 0. The molecule has 1 aromatic rings. The Balaban J connectivity index is 2.33. The summed E-state index contributed by atoms with van der Waals surface area (Å²) >= 11 is 0. The zero-order valence-electron chi connectivity index (χ0n) is 7.23. The summed E-state index contributed by atoms with van der Waals surface area (Å²) in [5, 5.41) is 8.85. The van der Waals surface area contributed by atoms with Crippen molar-refractivity contribution in [3.05, 3.63) is 29.6 Å². The Bertz CT molecular complexity index is 337. The van der Waals surface area contributed by atoms with Crippen LogP contribution in [0.25, 0.3) is 0 Å². The van der Waals surface area contributed by atoms with E-state index in [1.54, 1.807) is 12.4 Å². The van der Waals surface area contributed by atoms with Crippen LogP contribution >= 0.6 is 0 Å². The number of hydrogen-bond acceptors (Lipinski definition) is 3. The maximum Gasteiger partial charge on any atom is 0.101 e. The third-order valence-electron chi connectivity index (χ3n) is 2.34. The van der Waals surface area contributed by atoms with Gasteiger partial charge in [0.15, 0.2) is 0 Å². The van der Waals surface area contributed by atoms with Gasteiger partial charge in [0.25, 0.3) is 0 Å². The molecule has 1 aliphatic rings. The average molecular weight is 174 g/mol. The SMILES string of the molecule is N#Cc1cnccc1C1CCOC1. The second-order valence-corrected chi connectivity index (χ2v) is 3.14. The van der Waals surface area contributed by atoms with Gasteiger partial charge in [-0.1, -0.05) is 0 Å². The summed E-state index contributed by atoms with van der Waals surface area (Å²) in [5.74, 6) is 0.387. The highest BCUT2D eigenvalue weighted by molar-refractivity contribution is 5.37. The Morgan fingerprint density at radius 1 is 1.62 bits per heavy atom. The van der Waals surface area contributed by atoms with Gasteiger partial charge in [-0.25, -0.2) is 0 Å². The van der Waals surface area contributed by atoms with Crippen molar-refractivity contribution in [3.63, 3.8) is 0 Å². The van der Waals surface area contributed by atoms with Crippen molar-refractivity contribution in [2.24, 2.45) is 0 Å². The number of aromatic nitrogens is 1. The summed E-state index contributed by atoms with van der Waals surface area (Å²) in [7, 11) is 0. The molecule has 66 valence electrons. The third kappa shape index (κ3) is 1.53. The summed E-state index contributed by atoms with van der Waals surface area (Å²) in [4.78, 5) is 3.92. The Hall–Kier alpha value is -1.40. The number of nitriles is 1. The van der Waals surface area contributed by atoms with Gasteiger partial charge in [0.2, 0.25) is 0 Å². The van der Waals surface area contributed by atoms with Crippen molar-refractivity contribution in [2.45, 2.75) is 12.3 Å². The van der Waals surface area contributed by atoms with Crippen LogP contribution in [0.4, 0.5) is 0 Å². The average Bonchev–Trinajstić information content (AvgIpc) is 2.70. The molecule has 0 amide bonds. The molecule has 3 heteroatoms. The topological polar surface area (TPSA) is 45.9 Å². The van der Waals surface area contributed by atoms with E-state index in [2.05, 4.69) is 11.1 Å². The summed E-state index contributed by atoms with van der Waals surface area (Å²) in [5.41, 5.74) is 1.76. The Kier molecular flexibility index (Phi) is 2.24. The predicted molar refractivity (Wildman–Crippen MR) is 47.1 cm³/mol. The van der Waals surface area contributed by atoms with E-state index < -0.39 is 0 Å². The van der Waals surface area contributed by atoms with E-state index in [9.17, 15) is 0 Å². The lowest BCUT2D eigenvalue weighted by Crippen LogP contribution is -2.00. The number of ether oxygens (including phenoxy) is 1. The minimum absolute atomic E-state index is 0.387. The molecule has 0 aliphatic carbocycles. The zero-order valence-corrected chi connectivity index (χ0v) is 7.23. The van der Waals surface area contributed by atoms with Crippen LogP contribution < -0.4 is 0 Å². The first-order valence-corrected chi connectivity index (χ1v) is 4.33. The quantitative estimate of drug-likeness (QED) is 0.647. The largest absolute Gasteiger partial charge is 0.381 e. The summed E-state index contributed by atoms with van der Waals surface area (Å²) < 4.78 is 5.28. The number of rotatable bonds is 1. The predicted octanol–water partition coefficient (Wildman–Crippen LogP) is 1.46. The molecule has 1 aromatic heterocycles. The van der Waals surface area contributed by atoms with E-state index in [4.69, 9.17) is 10.00 Å². The highest BCUT2D eigenvalue weighted by Gasteiger charge is 2.20. The van der Waals surface area contributed by atoms with Crippen molar-refractivity contribution >= 4 is 0 Å². The first kappa shape index (κ1) is 8.21. The van der Waals surface area contributed by atoms with Crippen LogP contribution in [0.1, 0.15) is 23.5 Å². The molecule has 1 unspecified atom stereocenters. The zero-order chi connectivity index (χ0) is 9.10. The summed E-state index contributed by atoms with van der Waals surface area (Å²) in [6.07, 6.45) is 4.36. The Labute approximate surface area is 77.0 Å². The van der Waals surface area contributed by atoms with Gasteiger partial charge in [-0.2, -0.15) is 5.26 Å². The molecule has 1 fully saturated rings. The van der Waals surface area contributed by atoms with E-state index in [1.807, 2.05) is 6.07 Å². The lowest BCUT2D eigenvalue weighted by Gasteiger charge is -2.08. The molecule has 3 nitrogen and oxygen atoms in total. The molecule has 0 saturated carbocycles. The Morgan fingerprint density at radius 3 is 3.23 bits per heavy atom. The van der Waals surface area contributed by atoms with Gasteiger partial charge in [0, 0.05) is 24.9 Å². The monoisotopic (exact) mass is 174 g/mol. The number of nitrogens with zero attached hydrogens (tertiary/aromatic N) is 2. The van der Waals surface area contributed by atoms with Gasteiger partial charge in [-0.15, -0.1) is 0 Å². The van der Waals surface area contributed by atoms with Crippen LogP contribution in [-0.2, 0) is 4.74 Å². The molecule has 1 saturated heterocycles. The van der Waals surface area contributed by atoms with Crippen LogP contribution in [0.5, 0.6) is 0 Å². The van der Waals surface area contributed by atoms with Gasteiger partial charge in [-0.3, -0.25) is 4.98 Å². The smallest absolute Gasteiger partial charge is 0.101 e. The van der Waals surface area contributed by atoms with Crippen molar-refractivity contribution < 1.29 is 4.74 Å². The van der Waals surface area contributed by atoms with Crippen LogP contribution in [0.2, 0.25) is 0 Å².